The van der Waals surface area contributed by atoms with Gasteiger partial charge in [0.05, 0.1) is 18.9 Å². The molecule has 7 atom stereocenters. The van der Waals surface area contributed by atoms with E-state index in [2.05, 4.69) is 6.92 Å². The Kier molecular flexibility index (Phi) is 7.91. The molecule has 9 heteroatoms. The van der Waals surface area contributed by atoms with Crippen molar-refractivity contribution in [1.82, 2.24) is 0 Å². The molecule has 3 fully saturated rings. The van der Waals surface area contributed by atoms with Crippen molar-refractivity contribution in [3.8, 4) is 0 Å². The van der Waals surface area contributed by atoms with Crippen LogP contribution in [0.2, 0.25) is 0 Å². The normalized spacial score (nSPS) is 40.7. The molecule has 3 saturated carbocycles. The van der Waals surface area contributed by atoms with Gasteiger partial charge in [-0.2, -0.15) is 0 Å². The van der Waals surface area contributed by atoms with E-state index in [1.807, 2.05) is 6.92 Å². The van der Waals surface area contributed by atoms with Gasteiger partial charge in [0.25, 0.3) is 0 Å². The van der Waals surface area contributed by atoms with E-state index in [-0.39, 0.29) is 84.2 Å². The standard InChI is InChI=1S/C25H34O8.Na/c1-23-9-7-15(26)11-14(23)3-4-16-17-8-10-25(32,24(17,2)12-18(27)22(16)23)19(28)13-33-21(31)6-5-20(29)30;/h11,16-18,22,27,32H,3-10,12-13H2,1-2H3,(H,29,30);. The summed E-state index contributed by atoms with van der Waals surface area (Å²) in [5.74, 6) is -2.20. The molecule has 183 valence electrons. The third-order valence-electron chi connectivity index (χ3n) is 9.42. The Bertz CT molecular complexity index is 915. The summed E-state index contributed by atoms with van der Waals surface area (Å²) in [4.78, 5) is 47.5. The Morgan fingerprint density at radius 1 is 1.12 bits per heavy atom. The molecule has 0 heterocycles. The number of Topliss-reactive ketones (excluding diaryl/α,β-unsaturated/α-hetero) is 1. The first-order chi connectivity index (χ1) is 15.4. The van der Waals surface area contributed by atoms with E-state index in [9.17, 15) is 29.4 Å². The minimum absolute atomic E-state index is 0. The van der Waals surface area contributed by atoms with Gasteiger partial charge in [-0.25, -0.2) is 0 Å². The largest absolute Gasteiger partial charge is 0.481 e. The van der Waals surface area contributed by atoms with Crippen molar-refractivity contribution in [2.45, 2.75) is 83.3 Å². The molecule has 0 spiro atoms. The van der Waals surface area contributed by atoms with E-state index in [1.165, 1.54) is 0 Å². The van der Waals surface area contributed by atoms with Gasteiger partial charge in [0, 0.05) is 41.4 Å². The van der Waals surface area contributed by atoms with Crippen LogP contribution in [0.5, 0.6) is 0 Å². The Labute approximate surface area is 221 Å². The van der Waals surface area contributed by atoms with Crippen molar-refractivity contribution in [3.05, 3.63) is 11.6 Å². The van der Waals surface area contributed by atoms with E-state index in [1.54, 1.807) is 6.08 Å². The summed E-state index contributed by atoms with van der Waals surface area (Å²) < 4.78 is 4.97. The fraction of sp³-hybridized carbons (Fsp3) is 0.760. The fourth-order valence-corrected chi connectivity index (χ4v) is 7.70. The van der Waals surface area contributed by atoms with Gasteiger partial charge in [-0.15, -0.1) is 0 Å². The van der Waals surface area contributed by atoms with Crippen LogP contribution in [0.15, 0.2) is 11.6 Å². The summed E-state index contributed by atoms with van der Waals surface area (Å²) in [6, 6.07) is 0. The number of esters is 1. The molecule has 3 N–H and O–H groups in total. The first-order valence-corrected chi connectivity index (χ1v) is 12.0. The SMILES string of the molecule is CC12CCC(=O)C=C1CCC1C2C(O)CC2(C)C1CCC2(O)C(=O)COC(=O)CCC(=O)O.[Na]. The maximum atomic E-state index is 13.1. The third-order valence-corrected chi connectivity index (χ3v) is 9.42. The summed E-state index contributed by atoms with van der Waals surface area (Å²) in [6.45, 7) is 3.41. The van der Waals surface area contributed by atoms with Crippen LogP contribution in [-0.2, 0) is 23.9 Å². The molecular formula is C25H34NaO8. The Morgan fingerprint density at radius 3 is 2.50 bits per heavy atom. The Morgan fingerprint density at radius 2 is 1.82 bits per heavy atom. The number of carbonyl (C=O) groups is 4. The summed E-state index contributed by atoms with van der Waals surface area (Å²) in [5, 5.41) is 31.6. The Hall–Kier alpha value is -1.06. The third kappa shape index (κ3) is 4.34. The number of hydrogen-bond donors (Lipinski definition) is 3. The summed E-state index contributed by atoms with van der Waals surface area (Å²) in [7, 11) is 0. The molecule has 0 saturated heterocycles. The predicted molar refractivity (Wildman–Crippen MR) is 122 cm³/mol. The van der Waals surface area contributed by atoms with Gasteiger partial charge in [-0.3, -0.25) is 19.2 Å². The van der Waals surface area contributed by atoms with Crippen LogP contribution >= 0.6 is 0 Å². The van der Waals surface area contributed by atoms with Gasteiger partial charge in [0.1, 0.15) is 5.60 Å². The number of aliphatic hydroxyl groups is 2. The second-order valence-electron chi connectivity index (χ2n) is 11.0. The van der Waals surface area contributed by atoms with E-state index >= 15 is 0 Å². The van der Waals surface area contributed by atoms with Crippen molar-refractivity contribution >= 4 is 53.1 Å². The molecule has 0 bridgehead atoms. The number of carboxylic acids is 1. The average molecular weight is 486 g/mol. The van der Waals surface area contributed by atoms with Crippen molar-refractivity contribution in [2.75, 3.05) is 6.61 Å². The molecule has 4 aliphatic carbocycles. The van der Waals surface area contributed by atoms with Gasteiger partial charge >= 0.3 is 11.9 Å². The zero-order valence-electron chi connectivity index (χ0n) is 20.3. The first kappa shape index (κ1) is 27.5. The molecule has 4 rings (SSSR count). The van der Waals surface area contributed by atoms with Crippen molar-refractivity contribution in [1.29, 1.82) is 0 Å². The van der Waals surface area contributed by atoms with Crippen LogP contribution in [0.1, 0.15) is 71.6 Å². The van der Waals surface area contributed by atoms with Crippen molar-refractivity contribution < 1.29 is 39.2 Å². The van der Waals surface area contributed by atoms with Crippen LogP contribution in [0.4, 0.5) is 0 Å². The topological polar surface area (TPSA) is 138 Å². The molecule has 0 aromatic carbocycles. The predicted octanol–water partition coefficient (Wildman–Crippen LogP) is 1.82. The molecule has 0 amide bonds. The Balaban J connectivity index is 0.00000324. The maximum absolute atomic E-state index is 13.1. The zero-order valence-corrected chi connectivity index (χ0v) is 22.3. The van der Waals surface area contributed by atoms with E-state index in [4.69, 9.17) is 9.84 Å². The van der Waals surface area contributed by atoms with Crippen LogP contribution in [0.3, 0.4) is 0 Å². The first-order valence-electron chi connectivity index (χ1n) is 12.0. The molecule has 7 unspecified atom stereocenters. The second kappa shape index (κ2) is 9.77. The monoisotopic (exact) mass is 485 g/mol. The zero-order chi connectivity index (χ0) is 24.2. The van der Waals surface area contributed by atoms with Crippen LogP contribution in [0, 0.1) is 28.6 Å². The number of rotatable bonds is 6. The number of allylic oxidation sites excluding steroid dienone is 1. The molecular weight excluding hydrogens is 451 g/mol. The van der Waals surface area contributed by atoms with E-state index in [0.717, 1.165) is 24.8 Å². The number of ether oxygens (including phenoxy) is 1. The maximum Gasteiger partial charge on any atom is 0.306 e. The van der Waals surface area contributed by atoms with Gasteiger partial charge in [0.2, 0.25) is 5.78 Å². The number of aliphatic hydroxyl groups excluding tert-OH is 1. The molecule has 34 heavy (non-hydrogen) atoms. The summed E-state index contributed by atoms with van der Waals surface area (Å²) in [6.07, 6.45) is 4.30. The van der Waals surface area contributed by atoms with Gasteiger partial charge in [-0.05, 0) is 67.8 Å². The quantitative estimate of drug-likeness (QED) is 0.383. The van der Waals surface area contributed by atoms with Crippen LogP contribution in [-0.4, -0.2) is 86.7 Å². The van der Waals surface area contributed by atoms with Crippen molar-refractivity contribution in [3.63, 3.8) is 0 Å². The van der Waals surface area contributed by atoms with E-state index in [0.29, 0.717) is 12.8 Å². The number of carboxylic acid groups (broad SMARTS) is 1. The minimum atomic E-state index is -1.71. The molecule has 1 radical (unpaired) electrons. The molecule has 0 aromatic heterocycles. The van der Waals surface area contributed by atoms with E-state index < -0.39 is 41.4 Å². The number of fused-ring (bicyclic) bond motifs is 5. The van der Waals surface area contributed by atoms with Gasteiger partial charge < -0.3 is 20.1 Å². The molecule has 0 aromatic rings. The summed E-state index contributed by atoms with van der Waals surface area (Å²) in [5.41, 5.74) is -1.68. The average Bonchev–Trinajstić information content (AvgIpc) is 3.02. The molecule has 0 aliphatic heterocycles. The summed E-state index contributed by atoms with van der Waals surface area (Å²) >= 11 is 0. The minimum Gasteiger partial charge on any atom is -0.481 e. The molecule has 4 aliphatic rings. The number of hydrogen-bond acceptors (Lipinski definition) is 7. The van der Waals surface area contributed by atoms with Gasteiger partial charge in [0.15, 0.2) is 12.4 Å². The van der Waals surface area contributed by atoms with Crippen LogP contribution < -0.4 is 0 Å². The fourth-order valence-electron chi connectivity index (χ4n) is 7.70. The van der Waals surface area contributed by atoms with Crippen molar-refractivity contribution in [2.24, 2.45) is 28.6 Å². The number of aliphatic carboxylic acids is 1. The number of carbonyl (C=O) groups excluding carboxylic acids is 3. The number of ketones is 2. The molecule has 8 nitrogen and oxygen atoms in total. The van der Waals surface area contributed by atoms with Crippen LogP contribution in [0.25, 0.3) is 0 Å². The second-order valence-corrected chi connectivity index (χ2v) is 11.0. The van der Waals surface area contributed by atoms with Gasteiger partial charge in [-0.1, -0.05) is 19.4 Å². The smallest absolute Gasteiger partial charge is 0.306 e.